The van der Waals surface area contributed by atoms with E-state index in [4.69, 9.17) is 22.1 Å². The van der Waals surface area contributed by atoms with Crippen LogP contribution in [-0.2, 0) is 13.0 Å². The number of hydrogen-bond donors (Lipinski definition) is 2. The van der Waals surface area contributed by atoms with Crippen LogP contribution in [0.5, 0.6) is 5.75 Å². The van der Waals surface area contributed by atoms with E-state index in [9.17, 15) is 0 Å². The van der Waals surface area contributed by atoms with E-state index >= 15 is 0 Å². The van der Waals surface area contributed by atoms with Crippen LogP contribution >= 0.6 is 27.5 Å². The van der Waals surface area contributed by atoms with Crippen molar-refractivity contribution in [3.8, 4) is 5.75 Å². The summed E-state index contributed by atoms with van der Waals surface area (Å²) in [5, 5.41) is 3.75. The Morgan fingerprint density at radius 1 is 1.40 bits per heavy atom. The molecule has 1 aliphatic heterocycles. The van der Waals surface area contributed by atoms with Crippen molar-refractivity contribution in [2.75, 3.05) is 17.7 Å². The second-order valence-electron chi connectivity index (χ2n) is 4.60. The van der Waals surface area contributed by atoms with Crippen LogP contribution in [0.2, 0.25) is 5.02 Å². The zero-order valence-corrected chi connectivity index (χ0v) is 13.0. The van der Waals surface area contributed by atoms with Crippen molar-refractivity contribution in [3.05, 3.63) is 45.0 Å². The molecule has 2 heterocycles. The van der Waals surface area contributed by atoms with Gasteiger partial charge in [-0.3, -0.25) is 0 Å². The Morgan fingerprint density at radius 3 is 3.05 bits per heavy atom. The molecular formula is C14H13BrClN3O. The summed E-state index contributed by atoms with van der Waals surface area (Å²) in [7, 11) is 0. The first-order valence-corrected chi connectivity index (χ1v) is 7.39. The SMILES string of the molecule is Nc1cc(Cl)cnc1NCc1cc(Br)cc2c1OCC2. The molecular weight excluding hydrogens is 342 g/mol. The van der Waals surface area contributed by atoms with Gasteiger partial charge in [-0.1, -0.05) is 27.5 Å². The molecule has 0 bridgehead atoms. The lowest BCUT2D eigenvalue weighted by atomic mass is 10.1. The molecule has 0 saturated heterocycles. The summed E-state index contributed by atoms with van der Waals surface area (Å²) in [6, 6.07) is 5.82. The van der Waals surface area contributed by atoms with Crippen molar-refractivity contribution in [1.29, 1.82) is 0 Å². The molecule has 3 N–H and O–H groups in total. The highest BCUT2D eigenvalue weighted by molar-refractivity contribution is 9.10. The van der Waals surface area contributed by atoms with Crippen molar-refractivity contribution in [2.45, 2.75) is 13.0 Å². The van der Waals surface area contributed by atoms with Gasteiger partial charge in [0.15, 0.2) is 0 Å². The van der Waals surface area contributed by atoms with Gasteiger partial charge in [-0.25, -0.2) is 4.98 Å². The number of fused-ring (bicyclic) bond motifs is 1. The van der Waals surface area contributed by atoms with E-state index in [1.807, 2.05) is 6.07 Å². The second kappa shape index (κ2) is 5.50. The molecule has 2 aromatic rings. The van der Waals surface area contributed by atoms with E-state index < -0.39 is 0 Å². The van der Waals surface area contributed by atoms with Crippen molar-refractivity contribution in [3.63, 3.8) is 0 Å². The summed E-state index contributed by atoms with van der Waals surface area (Å²) in [5.41, 5.74) is 8.73. The number of halogens is 2. The van der Waals surface area contributed by atoms with Crippen LogP contribution in [-0.4, -0.2) is 11.6 Å². The number of benzene rings is 1. The van der Waals surface area contributed by atoms with Gasteiger partial charge in [0, 0.05) is 29.2 Å². The van der Waals surface area contributed by atoms with Gasteiger partial charge in [-0.15, -0.1) is 0 Å². The van der Waals surface area contributed by atoms with Gasteiger partial charge in [0.2, 0.25) is 0 Å². The number of nitrogens with one attached hydrogen (secondary N) is 1. The Labute approximate surface area is 130 Å². The standard InChI is InChI=1S/C14H13BrClN3O/c15-10-3-8-1-2-20-13(8)9(4-10)6-18-14-12(17)5-11(16)7-19-14/h3-5,7H,1-2,6,17H2,(H,18,19). The summed E-state index contributed by atoms with van der Waals surface area (Å²) in [6.07, 6.45) is 2.52. The number of nitrogens with two attached hydrogens (primary N) is 1. The molecule has 0 atom stereocenters. The van der Waals surface area contributed by atoms with Crippen LogP contribution in [0.3, 0.4) is 0 Å². The first-order valence-electron chi connectivity index (χ1n) is 6.22. The number of pyridine rings is 1. The average Bonchev–Trinajstić information content (AvgIpc) is 2.85. The van der Waals surface area contributed by atoms with Crippen molar-refractivity contribution in [1.82, 2.24) is 4.98 Å². The van der Waals surface area contributed by atoms with Crippen LogP contribution in [0.4, 0.5) is 11.5 Å². The molecule has 0 unspecified atom stereocenters. The van der Waals surface area contributed by atoms with Gasteiger partial charge >= 0.3 is 0 Å². The highest BCUT2D eigenvalue weighted by Crippen LogP contribution is 2.33. The number of ether oxygens (including phenoxy) is 1. The largest absolute Gasteiger partial charge is 0.493 e. The van der Waals surface area contributed by atoms with Crippen molar-refractivity contribution >= 4 is 39.0 Å². The number of rotatable bonds is 3. The summed E-state index contributed by atoms with van der Waals surface area (Å²) in [5.74, 6) is 1.59. The number of hydrogen-bond acceptors (Lipinski definition) is 4. The van der Waals surface area contributed by atoms with Crippen molar-refractivity contribution in [2.24, 2.45) is 0 Å². The first-order chi connectivity index (χ1) is 9.63. The molecule has 4 nitrogen and oxygen atoms in total. The summed E-state index contributed by atoms with van der Waals surface area (Å²) in [6.45, 7) is 1.33. The minimum absolute atomic E-state index is 0.528. The fourth-order valence-electron chi connectivity index (χ4n) is 2.26. The monoisotopic (exact) mass is 353 g/mol. The van der Waals surface area contributed by atoms with Crippen LogP contribution in [0, 0.1) is 0 Å². The molecule has 0 amide bonds. The minimum Gasteiger partial charge on any atom is -0.493 e. The summed E-state index contributed by atoms with van der Waals surface area (Å²) < 4.78 is 6.74. The molecule has 0 radical (unpaired) electrons. The maximum Gasteiger partial charge on any atom is 0.149 e. The van der Waals surface area contributed by atoms with Crippen LogP contribution < -0.4 is 15.8 Å². The predicted molar refractivity (Wildman–Crippen MR) is 84.3 cm³/mol. The molecule has 1 aromatic heterocycles. The number of nitrogen functional groups attached to an aromatic ring is 1. The smallest absolute Gasteiger partial charge is 0.149 e. The van der Waals surface area contributed by atoms with E-state index in [1.165, 1.54) is 5.56 Å². The lowest BCUT2D eigenvalue weighted by Crippen LogP contribution is -2.05. The van der Waals surface area contributed by atoms with Crippen LogP contribution in [0.1, 0.15) is 11.1 Å². The van der Waals surface area contributed by atoms with E-state index in [-0.39, 0.29) is 0 Å². The molecule has 3 rings (SSSR count). The van der Waals surface area contributed by atoms with E-state index in [2.05, 4.69) is 32.3 Å². The normalized spacial score (nSPS) is 12.9. The van der Waals surface area contributed by atoms with E-state index in [1.54, 1.807) is 12.3 Å². The molecule has 0 spiro atoms. The first kappa shape index (κ1) is 13.5. The van der Waals surface area contributed by atoms with Crippen LogP contribution in [0.25, 0.3) is 0 Å². The average molecular weight is 355 g/mol. The van der Waals surface area contributed by atoms with E-state index in [0.29, 0.717) is 23.1 Å². The zero-order valence-electron chi connectivity index (χ0n) is 10.6. The Bertz CT molecular complexity index is 663. The van der Waals surface area contributed by atoms with E-state index in [0.717, 1.165) is 28.8 Å². The Morgan fingerprint density at radius 2 is 2.25 bits per heavy atom. The van der Waals surface area contributed by atoms with Gasteiger partial charge in [0.1, 0.15) is 11.6 Å². The lowest BCUT2D eigenvalue weighted by Gasteiger charge is -2.12. The molecule has 20 heavy (non-hydrogen) atoms. The molecule has 104 valence electrons. The number of aromatic nitrogens is 1. The topological polar surface area (TPSA) is 60.2 Å². The maximum atomic E-state index is 5.88. The molecule has 0 aliphatic carbocycles. The summed E-state index contributed by atoms with van der Waals surface area (Å²) in [4.78, 5) is 4.19. The number of anilines is 2. The fourth-order valence-corrected chi connectivity index (χ4v) is 2.98. The highest BCUT2D eigenvalue weighted by Gasteiger charge is 2.17. The Balaban J connectivity index is 1.82. The maximum absolute atomic E-state index is 5.88. The molecule has 0 fully saturated rings. The van der Waals surface area contributed by atoms with Gasteiger partial charge < -0.3 is 15.8 Å². The highest BCUT2D eigenvalue weighted by atomic mass is 79.9. The third kappa shape index (κ3) is 2.69. The predicted octanol–water partition coefficient (Wildman–Crippen LogP) is 3.63. The molecule has 1 aliphatic rings. The molecule has 0 saturated carbocycles. The van der Waals surface area contributed by atoms with Gasteiger partial charge in [0.25, 0.3) is 0 Å². The van der Waals surface area contributed by atoms with Crippen molar-refractivity contribution < 1.29 is 4.74 Å². The van der Waals surface area contributed by atoms with Gasteiger partial charge in [-0.05, 0) is 23.8 Å². The quantitative estimate of drug-likeness (QED) is 0.883. The Hall–Kier alpha value is -1.46. The molecule has 6 heteroatoms. The minimum atomic E-state index is 0.528. The van der Waals surface area contributed by atoms with Crippen LogP contribution in [0.15, 0.2) is 28.9 Å². The summed E-state index contributed by atoms with van der Waals surface area (Å²) >= 11 is 9.36. The van der Waals surface area contributed by atoms with Gasteiger partial charge in [-0.2, -0.15) is 0 Å². The third-order valence-corrected chi connectivity index (χ3v) is 3.82. The molecule has 1 aromatic carbocycles. The third-order valence-electron chi connectivity index (χ3n) is 3.16. The fraction of sp³-hybridized carbons (Fsp3) is 0.214. The lowest BCUT2D eigenvalue weighted by molar-refractivity contribution is 0.354. The Kier molecular flexibility index (Phi) is 3.72. The second-order valence-corrected chi connectivity index (χ2v) is 5.95. The van der Waals surface area contributed by atoms with Gasteiger partial charge in [0.05, 0.1) is 17.3 Å². The number of nitrogens with zero attached hydrogens (tertiary/aromatic N) is 1. The zero-order chi connectivity index (χ0) is 14.1.